The Balaban J connectivity index is 1.20. The molecule has 0 aliphatic heterocycles. The van der Waals surface area contributed by atoms with Gasteiger partial charge < -0.3 is 15.3 Å². The van der Waals surface area contributed by atoms with Gasteiger partial charge in [0.2, 0.25) is 0 Å². The second-order valence-corrected chi connectivity index (χ2v) is 9.40. The van der Waals surface area contributed by atoms with Crippen LogP contribution in [-0.4, -0.2) is 34.9 Å². The predicted octanol–water partition coefficient (Wildman–Crippen LogP) is 5.92. The van der Waals surface area contributed by atoms with Crippen LogP contribution in [0.4, 0.5) is 0 Å². The molecule has 8 nitrogen and oxygen atoms in total. The fourth-order valence-corrected chi connectivity index (χ4v) is 4.84. The number of fused-ring (bicyclic) bond motifs is 2. The van der Waals surface area contributed by atoms with Crippen molar-refractivity contribution in [2.24, 2.45) is 0 Å². The smallest absolute Gasteiger partial charge is 0.140 e. The molecule has 0 unspecified atom stereocenters. The number of nitrogens with zero attached hydrogens (tertiary/aromatic N) is 5. The molecule has 188 valence electrons. The highest BCUT2D eigenvalue weighted by Gasteiger charge is 2.15. The van der Waals surface area contributed by atoms with Crippen molar-refractivity contribution >= 4 is 22.1 Å². The molecule has 39 heavy (non-hydrogen) atoms. The van der Waals surface area contributed by atoms with Crippen molar-refractivity contribution in [1.29, 1.82) is 0 Å². The summed E-state index contributed by atoms with van der Waals surface area (Å²) < 4.78 is 0. The molecule has 0 amide bonds. The van der Waals surface area contributed by atoms with E-state index in [4.69, 9.17) is 9.97 Å². The van der Waals surface area contributed by atoms with Crippen LogP contribution >= 0.6 is 0 Å². The molecular weight excluding hydrogens is 484 g/mol. The molecule has 0 bridgehead atoms. The summed E-state index contributed by atoms with van der Waals surface area (Å²) in [6, 6.07) is 18.6. The van der Waals surface area contributed by atoms with Gasteiger partial charge in [-0.25, -0.2) is 9.97 Å². The van der Waals surface area contributed by atoms with Crippen LogP contribution in [0.15, 0.2) is 104 Å². The van der Waals surface area contributed by atoms with Crippen LogP contribution in [0.25, 0.3) is 55.7 Å². The third-order valence-corrected chi connectivity index (χ3v) is 6.78. The first-order valence-corrected chi connectivity index (χ1v) is 12.7. The average molecular weight is 509 g/mol. The number of imidazole rings is 1. The van der Waals surface area contributed by atoms with E-state index in [1.54, 1.807) is 12.4 Å². The Morgan fingerprint density at radius 1 is 0.692 bits per heavy atom. The molecule has 0 spiro atoms. The summed E-state index contributed by atoms with van der Waals surface area (Å²) in [6.07, 6.45) is 14.8. The lowest BCUT2D eigenvalue weighted by Crippen LogP contribution is -2.12. The fraction of sp³-hybridized carbons (Fsp3) is 0.0645. The standard InChI is InChI=1S/C31H24N8/c1-2-5-20(6-3-1)11-33-12-21-9-23(15-34-13-21)24-10-25-27(18-37-30(25)36-16-24)31-38-28-19-35-17-26(29(28)39-31)22-7-4-8-32-14-22/h1-10,13-19,33H,11-12H2,(H,36,37)(H,38,39). The second kappa shape index (κ2) is 9.92. The topological polar surface area (TPSA) is 108 Å². The quantitative estimate of drug-likeness (QED) is 0.247. The lowest BCUT2D eigenvalue weighted by atomic mass is 10.1. The Hall–Kier alpha value is -5.21. The first-order valence-electron chi connectivity index (χ1n) is 12.7. The zero-order chi connectivity index (χ0) is 26.0. The van der Waals surface area contributed by atoms with Gasteiger partial charge in [0.15, 0.2) is 0 Å². The summed E-state index contributed by atoms with van der Waals surface area (Å²) in [6.45, 7) is 1.54. The zero-order valence-corrected chi connectivity index (χ0v) is 21.0. The molecule has 6 heterocycles. The number of aromatic amines is 2. The summed E-state index contributed by atoms with van der Waals surface area (Å²) in [5, 5.41) is 4.48. The van der Waals surface area contributed by atoms with Crippen molar-refractivity contribution in [1.82, 2.24) is 40.2 Å². The van der Waals surface area contributed by atoms with Gasteiger partial charge in [-0.1, -0.05) is 36.4 Å². The highest BCUT2D eigenvalue weighted by atomic mass is 14.9. The van der Waals surface area contributed by atoms with Crippen LogP contribution in [0.5, 0.6) is 0 Å². The summed E-state index contributed by atoms with van der Waals surface area (Å²) in [5.74, 6) is 0.755. The molecule has 3 N–H and O–H groups in total. The maximum absolute atomic E-state index is 4.97. The van der Waals surface area contributed by atoms with E-state index in [1.807, 2.05) is 55.4 Å². The number of pyridine rings is 4. The van der Waals surface area contributed by atoms with E-state index in [0.717, 1.165) is 74.4 Å². The molecular formula is C31H24N8. The van der Waals surface area contributed by atoms with E-state index in [9.17, 15) is 0 Å². The predicted molar refractivity (Wildman–Crippen MR) is 152 cm³/mol. The first-order chi connectivity index (χ1) is 19.3. The Morgan fingerprint density at radius 3 is 2.44 bits per heavy atom. The molecule has 1 aromatic carbocycles. The van der Waals surface area contributed by atoms with Gasteiger partial charge in [-0.2, -0.15) is 0 Å². The maximum atomic E-state index is 4.97. The highest BCUT2D eigenvalue weighted by molar-refractivity contribution is 5.98. The van der Waals surface area contributed by atoms with E-state index in [-0.39, 0.29) is 0 Å². The van der Waals surface area contributed by atoms with Gasteiger partial charge >= 0.3 is 0 Å². The monoisotopic (exact) mass is 508 g/mol. The minimum Gasteiger partial charge on any atom is -0.345 e. The molecule has 8 heteroatoms. The third kappa shape index (κ3) is 4.54. The number of nitrogens with one attached hydrogen (secondary N) is 3. The van der Waals surface area contributed by atoms with Gasteiger partial charge in [-0.05, 0) is 29.3 Å². The summed E-state index contributed by atoms with van der Waals surface area (Å²) in [7, 11) is 0. The van der Waals surface area contributed by atoms with Crippen LogP contribution in [0.1, 0.15) is 11.1 Å². The maximum Gasteiger partial charge on any atom is 0.140 e. The van der Waals surface area contributed by atoms with Crippen molar-refractivity contribution in [3.8, 4) is 33.6 Å². The normalized spacial score (nSPS) is 11.4. The molecule has 0 aliphatic rings. The average Bonchev–Trinajstić information content (AvgIpc) is 3.62. The Labute approximate surface area is 224 Å². The second-order valence-electron chi connectivity index (χ2n) is 9.40. The summed E-state index contributed by atoms with van der Waals surface area (Å²) >= 11 is 0. The molecule has 0 fully saturated rings. The van der Waals surface area contributed by atoms with Gasteiger partial charge in [-0.15, -0.1) is 0 Å². The third-order valence-electron chi connectivity index (χ3n) is 6.78. The molecule has 0 aliphatic carbocycles. The number of rotatable bonds is 7. The fourth-order valence-electron chi connectivity index (χ4n) is 4.84. The van der Waals surface area contributed by atoms with E-state index in [0.29, 0.717) is 0 Å². The number of aromatic nitrogens is 7. The minimum absolute atomic E-state index is 0.729. The molecule has 0 radical (unpaired) electrons. The number of hydrogen-bond donors (Lipinski definition) is 3. The number of benzene rings is 1. The van der Waals surface area contributed by atoms with Gasteiger partial charge in [0, 0.05) is 89.7 Å². The first kappa shape index (κ1) is 22.9. The van der Waals surface area contributed by atoms with Gasteiger partial charge in [-0.3, -0.25) is 15.0 Å². The molecule has 0 saturated carbocycles. The molecule has 6 aromatic heterocycles. The van der Waals surface area contributed by atoms with E-state index in [2.05, 4.69) is 66.6 Å². The lowest BCUT2D eigenvalue weighted by molar-refractivity contribution is 0.691. The summed E-state index contributed by atoms with van der Waals surface area (Å²) in [4.78, 5) is 29.6. The van der Waals surface area contributed by atoms with Crippen molar-refractivity contribution in [2.75, 3.05) is 0 Å². The van der Waals surface area contributed by atoms with E-state index in [1.165, 1.54) is 5.56 Å². The van der Waals surface area contributed by atoms with Crippen molar-refractivity contribution in [3.63, 3.8) is 0 Å². The zero-order valence-electron chi connectivity index (χ0n) is 21.0. The lowest BCUT2D eigenvalue weighted by Gasteiger charge is -2.07. The van der Waals surface area contributed by atoms with Gasteiger partial charge in [0.05, 0.1) is 17.2 Å². The van der Waals surface area contributed by atoms with Crippen LogP contribution < -0.4 is 5.32 Å². The Bertz CT molecular complexity index is 1890. The SMILES string of the molecule is c1ccc(CNCc2cncc(-c3cnc4[nH]cc(-c5nc6c(-c7cccnc7)cncc6[nH]5)c4c3)c2)cc1. The van der Waals surface area contributed by atoms with E-state index >= 15 is 0 Å². The molecule has 7 rings (SSSR count). The molecule has 0 atom stereocenters. The van der Waals surface area contributed by atoms with Crippen LogP contribution in [0.2, 0.25) is 0 Å². The highest BCUT2D eigenvalue weighted by Crippen LogP contribution is 2.33. The Kier molecular flexibility index (Phi) is 5.84. The Morgan fingerprint density at radius 2 is 1.54 bits per heavy atom. The van der Waals surface area contributed by atoms with Crippen LogP contribution in [-0.2, 0) is 13.1 Å². The van der Waals surface area contributed by atoms with Crippen LogP contribution in [0.3, 0.4) is 0 Å². The largest absolute Gasteiger partial charge is 0.345 e. The van der Waals surface area contributed by atoms with Gasteiger partial charge in [0.1, 0.15) is 11.5 Å². The van der Waals surface area contributed by atoms with Crippen molar-refractivity contribution in [3.05, 3.63) is 115 Å². The van der Waals surface area contributed by atoms with E-state index < -0.39 is 0 Å². The van der Waals surface area contributed by atoms with Crippen molar-refractivity contribution < 1.29 is 0 Å². The van der Waals surface area contributed by atoms with Gasteiger partial charge in [0.25, 0.3) is 0 Å². The van der Waals surface area contributed by atoms with Crippen molar-refractivity contribution in [2.45, 2.75) is 13.1 Å². The minimum atomic E-state index is 0.729. The number of hydrogen-bond acceptors (Lipinski definition) is 6. The molecule has 0 saturated heterocycles. The van der Waals surface area contributed by atoms with Crippen LogP contribution in [0, 0.1) is 0 Å². The summed E-state index contributed by atoms with van der Waals surface area (Å²) in [5.41, 5.74) is 9.76. The number of H-pyrrole nitrogens is 2. The molecule has 7 aromatic rings.